The van der Waals surface area contributed by atoms with Gasteiger partial charge in [-0.15, -0.1) is 0 Å². The van der Waals surface area contributed by atoms with Gasteiger partial charge < -0.3 is 30.3 Å². The summed E-state index contributed by atoms with van der Waals surface area (Å²) in [7, 11) is 2.03. The van der Waals surface area contributed by atoms with Crippen molar-refractivity contribution in [1.82, 2.24) is 20.2 Å². The third-order valence-electron chi connectivity index (χ3n) is 8.08. The number of anilines is 3. The Bertz CT molecular complexity index is 1740. The standard InChI is InChI=1S/C33H38F3N7O5/c1-32(2,3)48-31(47)38-23-15-22(33(34,35)36)17-43(18-23)27-7-10-37-16-26(27)40-29(44)28-25(41-30(45)46)14-21-6-5-20(13-24(21)39-28)19-8-11-42(4)12-9-19/h5-8,10,13-14,16,22-23,41H,9,11-12,15,17-18H2,1-4H3,(H,38,47)(H,40,44)(H,45,46)/t22-,23+/m1/s1. The van der Waals surface area contributed by atoms with Crippen molar-refractivity contribution in [3.05, 3.63) is 60.1 Å². The summed E-state index contributed by atoms with van der Waals surface area (Å²) in [5.41, 5.74) is 1.69. The number of carbonyl (C=O) groups excluding carboxylic acids is 2. The van der Waals surface area contributed by atoms with Gasteiger partial charge in [0.1, 0.15) is 5.60 Å². The topological polar surface area (TPSA) is 149 Å². The van der Waals surface area contributed by atoms with Crippen LogP contribution in [0.5, 0.6) is 0 Å². The second-order valence-electron chi connectivity index (χ2n) is 13.0. The van der Waals surface area contributed by atoms with E-state index in [1.807, 2.05) is 19.2 Å². The highest BCUT2D eigenvalue weighted by Crippen LogP contribution is 2.37. The maximum atomic E-state index is 14.1. The van der Waals surface area contributed by atoms with E-state index in [1.165, 1.54) is 29.4 Å². The van der Waals surface area contributed by atoms with Crippen LogP contribution in [0.1, 0.15) is 49.7 Å². The van der Waals surface area contributed by atoms with Gasteiger partial charge in [0.25, 0.3) is 5.91 Å². The Morgan fingerprint density at radius 2 is 1.81 bits per heavy atom. The molecule has 3 amide bonds. The van der Waals surface area contributed by atoms with E-state index in [0.717, 1.165) is 30.6 Å². The lowest BCUT2D eigenvalue weighted by Gasteiger charge is -2.40. The SMILES string of the molecule is CN1CC=C(c2ccc3cc(NC(=O)O)c(C(=O)Nc4cnccc4N4C[C@@H](NC(=O)OC(C)(C)C)C[C@@H](C(F)(F)F)C4)nc3c2)CC1. The minimum absolute atomic E-state index is 0.00678. The number of carbonyl (C=O) groups is 3. The lowest BCUT2D eigenvalue weighted by Crippen LogP contribution is -2.54. The number of alkyl halides is 3. The molecule has 4 N–H and O–H groups in total. The van der Waals surface area contributed by atoms with Gasteiger partial charge in [0.2, 0.25) is 0 Å². The Morgan fingerprint density at radius 1 is 1.04 bits per heavy atom. The summed E-state index contributed by atoms with van der Waals surface area (Å²) in [5, 5.41) is 17.6. The average Bonchev–Trinajstić information content (AvgIpc) is 2.99. The van der Waals surface area contributed by atoms with Crippen LogP contribution in [-0.2, 0) is 4.74 Å². The van der Waals surface area contributed by atoms with E-state index in [4.69, 9.17) is 4.74 Å². The third kappa shape index (κ3) is 8.51. The summed E-state index contributed by atoms with van der Waals surface area (Å²) < 4.78 is 47.5. The molecule has 48 heavy (non-hydrogen) atoms. The molecule has 1 saturated heterocycles. The van der Waals surface area contributed by atoms with E-state index in [1.54, 1.807) is 26.8 Å². The number of fused-ring (bicyclic) bond motifs is 1. The van der Waals surface area contributed by atoms with E-state index < -0.39 is 48.4 Å². The molecule has 0 aliphatic carbocycles. The van der Waals surface area contributed by atoms with Gasteiger partial charge in [0.15, 0.2) is 5.69 Å². The highest BCUT2D eigenvalue weighted by molar-refractivity contribution is 6.11. The molecule has 0 bridgehead atoms. The van der Waals surface area contributed by atoms with Crippen molar-refractivity contribution in [3.8, 4) is 0 Å². The summed E-state index contributed by atoms with van der Waals surface area (Å²) in [6, 6.07) is 7.62. The number of hydrogen-bond donors (Lipinski definition) is 4. The van der Waals surface area contributed by atoms with E-state index in [9.17, 15) is 32.7 Å². The van der Waals surface area contributed by atoms with Crippen LogP contribution in [0.3, 0.4) is 0 Å². The third-order valence-corrected chi connectivity index (χ3v) is 8.08. The monoisotopic (exact) mass is 669 g/mol. The maximum Gasteiger partial charge on any atom is 0.409 e. The van der Waals surface area contributed by atoms with Gasteiger partial charge in [-0.2, -0.15) is 13.2 Å². The van der Waals surface area contributed by atoms with Crippen LogP contribution in [-0.4, -0.2) is 89.1 Å². The highest BCUT2D eigenvalue weighted by Gasteiger charge is 2.45. The van der Waals surface area contributed by atoms with Crippen LogP contribution in [0.15, 0.2) is 48.8 Å². The normalized spacial score (nSPS) is 19.0. The first-order valence-corrected chi connectivity index (χ1v) is 15.4. The molecule has 5 rings (SSSR count). The highest BCUT2D eigenvalue weighted by atomic mass is 19.4. The minimum atomic E-state index is -4.56. The molecule has 256 valence electrons. The molecule has 0 saturated carbocycles. The predicted octanol–water partition coefficient (Wildman–Crippen LogP) is 5.97. The molecule has 0 spiro atoms. The molecular weight excluding hydrogens is 631 g/mol. The fourth-order valence-corrected chi connectivity index (χ4v) is 5.84. The first-order chi connectivity index (χ1) is 22.6. The number of nitrogens with zero attached hydrogens (tertiary/aromatic N) is 4. The Balaban J connectivity index is 1.45. The molecule has 2 aliphatic rings. The summed E-state index contributed by atoms with van der Waals surface area (Å²) in [4.78, 5) is 50.1. The first-order valence-electron chi connectivity index (χ1n) is 15.4. The van der Waals surface area contributed by atoms with Crippen molar-refractivity contribution in [2.24, 2.45) is 5.92 Å². The Labute approximate surface area is 275 Å². The number of piperidine rings is 1. The molecule has 2 aliphatic heterocycles. The van der Waals surface area contributed by atoms with E-state index in [2.05, 4.69) is 36.9 Å². The number of amides is 3. The molecular formula is C33H38F3N7O5. The van der Waals surface area contributed by atoms with E-state index >= 15 is 0 Å². The number of likely N-dealkylation sites (N-methyl/N-ethyl adjacent to an activating group) is 1. The van der Waals surface area contributed by atoms with Gasteiger partial charge in [0.05, 0.1) is 40.7 Å². The molecule has 2 aromatic heterocycles. The molecule has 0 unspecified atom stereocenters. The lowest BCUT2D eigenvalue weighted by atomic mass is 9.93. The molecule has 12 nitrogen and oxygen atoms in total. The predicted molar refractivity (Wildman–Crippen MR) is 175 cm³/mol. The Kier molecular flexibility index (Phi) is 9.80. The van der Waals surface area contributed by atoms with Crippen molar-refractivity contribution < 1.29 is 37.4 Å². The van der Waals surface area contributed by atoms with Crippen molar-refractivity contribution in [2.75, 3.05) is 48.8 Å². The number of ether oxygens (including phenoxy) is 1. The number of pyridine rings is 2. The fraction of sp³-hybridized carbons (Fsp3) is 0.424. The minimum Gasteiger partial charge on any atom is -0.465 e. The fourth-order valence-electron chi connectivity index (χ4n) is 5.84. The van der Waals surface area contributed by atoms with Gasteiger partial charge in [0, 0.05) is 37.8 Å². The Morgan fingerprint density at radius 3 is 2.48 bits per heavy atom. The molecule has 0 radical (unpaired) electrons. The van der Waals surface area contributed by atoms with Gasteiger partial charge in [-0.1, -0.05) is 18.2 Å². The zero-order valence-corrected chi connectivity index (χ0v) is 27.0. The number of alkyl carbamates (subject to hydrolysis) is 1. The van der Waals surface area contributed by atoms with Crippen molar-refractivity contribution in [3.63, 3.8) is 0 Å². The molecule has 3 aromatic rings. The van der Waals surface area contributed by atoms with Crippen LogP contribution in [0.25, 0.3) is 16.5 Å². The van der Waals surface area contributed by atoms with Crippen LogP contribution in [0.2, 0.25) is 0 Å². The molecule has 15 heteroatoms. The average molecular weight is 670 g/mol. The quantitative estimate of drug-likeness (QED) is 0.249. The zero-order valence-electron chi connectivity index (χ0n) is 27.0. The largest absolute Gasteiger partial charge is 0.465 e. The van der Waals surface area contributed by atoms with E-state index in [0.29, 0.717) is 10.9 Å². The van der Waals surface area contributed by atoms with Gasteiger partial charge in [-0.25, -0.2) is 14.6 Å². The van der Waals surface area contributed by atoms with Gasteiger partial charge >= 0.3 is 18.4 Å². The van der Waals surface area contributed by atoms with E-state index in [-0.39, 0.29) is 35.7 Å². The smallest absolute Gasteiger partial charge is 0.409 e. The zero-order chi connectivity index (χ0) is 34.8. The van der Waals surface area contributed by atoms with Crippen LogP contribution < -0.4 is 20.9 Å². The number of aromatic nitrogens is 2. The Hall–Kier alpha value is -4.92. The molecule has 1 fully saturated rings. The molecule has 2 atom stereocenters. The number of hydrogen-bond acceptors (Lipinski definition) is 8. The van der Waals surface area contributed by atoms with Crippen LogP contribution in [0.4, 0.5) is 39.8 Å². The summed E-state index contributed by atoms with van der Waals surface area (Å²) >= 11 is 0. The van der Waals surface area contributed by atoms with Crippen molar-refractivity contribution >= 4 is 51.6 Å². The van der Waals surface area contributed by atoms with Crippen LogP contribution >= 0.6 is 0 Å². The number of carboxylic acid groups (broad SMARTS) is 1. The molecule has 4 heterocycles. The van der Waals surface area contributed by atoms with Gasteiger partial charge in [-0.3, -0.25) is 15.1 Å². The van der Waals surface area contributed by atoms with Crippen LogP contribution in [0, 0.1) is 5.92 Å². The lowest BCUT2D eigenvalue weighted by molar-refractivity contribution is -0.177. The van der Waals surface area contributed by atoms with Gasteiger partial charge in [-0.05, 0) is 70.0 Å². The first kappa shape index (κ1) is 34.4. The summed E-state index contributed by atoms with van der Waals surface area (Å²) in [6.45, 7) is 6.19. The number of nitrogens with one attached hydrogen (secondary N) is 3. The molecule has 1 aromatic carbocycles. The summed E-state index contributed by atoms with van der Waals surface area (Å²) in [5.74, 6) is -2.59. The second-order valence-corrected chi connectivity index (χ2v) is 13.0. The van der Waals surface area contributed by atoms with Crippen molar-refractivity contribution in [1.29, 1.82) is 0 Å². The number of halogens is 3. The maximum absolute atomic E-state index is 14.1. The summed E-state index contributed by atoms with van der Waals surface area (Å²) in [6.07, 6.45) is -1.53. The number of rotatable bonds is 6. The number of benzene rings is 1. The van der Waals surface area contributed by atoms with Crippen molar-refractivity contribution in [2.45, 2.75) is 51.4 Å². The second kappa shape index (κ2) is 13.7.